The molecule has 0 aromatic carbocycles. The number of fused-ring (bicyclic) bond motifs is 5. The summed E-state index contributed by atoms with van der Waals surface area (Å²) in [6.07, 6.45) is 9.28. The van der Waals surface area contributed by atoms with Gasteiger partial charge in [0.05, 0.1) is 13.2 Å². The quantitative estimate of drug-likeness (QED) is 0.304. The third-order valence-electron chi connectivity index (χ3n) is 11.5. The lowest BCUT2D eigenvalue weighted by Gasteiger charge is -2.61. The average Bonchev–Trinajstić information content (AvgIpc) is 3.09. The standard InChI is InChI=1S/C28H47NO4Si/c1-25(2,3)34(7,8)33-23-12-11-21-20-10-9-19-17-28(18-29,32-24(30)31-6)16-15-26(19,4)22(20)13-14-27(21,23)5/h19-23H,9-17H2,1-8H3/t19-,20-,21-,22-,23-,26-,27-,28?/m0/s1. The van der Waals surface area contributed by atoms with Gasteiger partial charge in [0.1, 0.15) is 6.07 Å². The molecule has 0 radical (unpaired) electrons. The minimum atomic E-state index is -1.80. The van der Waals surface area contributed by atoms with Gasteiger partial charge in [0.2, 0.25) is 5.60 Å². The van der Waals surface area contributed by atoms with E-state index in [0.29, 0.717) is 36.2 Å². The van der Waals surface area contributed by atoms with Crippen molar-refractivity contribution in [1.82, 2.24) is 0 Å². The van der Waals surface area contributed by atoms with Crippen molar-refractivity contribution in [3.63, 3.8) is 0 Å². The Bertz CT molecular complexity index is 846. The van der Waals surface area contributed by atoms with Crippen molar-refractivity contribution in [2.45, 2.75) is 122 Å². The van der Waals surface area contributed by atoms with Crippen LogP contribution in [0.5, 0.6) is 0 Å². The summed E-state index contributed by atoms with van der Waals surface area (Å²) in [5.74, 6) is 2.62. The van der Waals surface area contributed by atoms with E-state index in [1.165, 1.54) is 39.2 Å². The molecule has 0 saturated heterocycles. The predicted octanol–water partition coefficient (Wildman–Crippen LogP) is 7.46. The maximum atomic E-state index is 11.9. The molecule has 4 saturated carbocycles. The molecule has 4 aliphatic carbocycles. The molecule has 0 spiro atoms. The van der Waals surface area contributed by atoms with E-state index in [1.807, 2.05) is 0 Å². The zero-order chi connectivity index (χ0) is 25.2. The smallest absolute Gasteiger partial charge is 0.438 e. The monoisotopic (exact) mass is 489 g/mol. The average molecular weight is 490 g/mol. The van der Waals surface area contributed by atoms with Crippen LogP contribution >= 0.6 is 0 Å². The van der Waals surface area contributed by atoms with Crippen molar-refractivity contribution in [3.05, 3.63) is 0 Å². The molecule has 0 aromatic rings. The molecule has 4 rings (SSSR count). The van der Waals surface area contributed by atoms with Crippen molar-refractivity contribution in [2.75, 3.05) is 7.11 Å². The fourth-order valence-corrected chi connectivity index (χ4v) is 9.78. The first-order valence-corrected chi connectivity index (χ1v) is 16.5. The highest BCUT2D eigenvalue weighted by atomic mass is 28.4. The van der Waals surface area contributed by atoms with Crippen LogP contribution in [-0.4, -0.2) is 33.3 Å². The Morgan fingerprint density at radius 3 is 2.26 bits per heavy atom. The van der Waals surface area contributed by atoms with Crippen molar-refractivity contribution >= 4 is 14.5 Å². The first-order valence-electron chi connectivity index (χ1n) is 13.6. The maximum absolute atomic E-state index is 11.9. The molecule has 0 bridgehead atoms. The lowest BCUT2D eigenvalue weighted by molar-refractivity contribution is -0.146. The highest BCUT2D eigenvalue weighted by Crippen LogP contribution is 2.67. The second kappa shape index (κ2) is 8.51. The molecule has 1 unspecified atom stereocenters. The Kier molecular flexibility index (Phi) is 6.51. The number of nitriles is 1. The Morgan fingerprint density at radius 1 is 0.971 bits per heavy atom. The van der Waals surface area contributed by atoms with E-state index in [4.69, 9.17) is 13.9 Å². The molecular weight excluding hydrogens is 442 g/mol. The Balaban J connectivity index is 1.52. The van der Waals surface area contributed by atoms with Gasteiger partial charge in [-0.3, -0.25) is 0 Å². The van der Waals surface area contributed by atoms with Crippen molar-refractivity contribution in [1.29, 1.82) is 5.26 Å². The lowest BCUT2D eigenvalue weighted by atomic mass is 9.44. The van der Waals surface area contributed by atoms with E-state index in [1.54, 1.807) is 0 Å². The molecule has 0 heterocycles. The molecular formula is C28H47NO4Si. The van der Waals surface area contributed by atoms with Crippen LogP contribution in [0.2, 0.25) is 18.1 Å². The molecule has 0 aliphatic heterocycles. The van der Waals surface area contributed by atoms with Crippen LogP contribution in [0.15, 0.2) is 0 Å². The number of hydrogen-bond donors (Lipinski definition) is 0. The summed E-state index contributed by atoms with van der Waals surface area (Å²) >= 11 is 0. The Labute approximate surface area is 208 Å². The van der Waals surface area contributed by atoms with Gasteiger partial charge in [0, 0.05) is 12.8 Å². The highest BCUT2D eigenvalue weighted by molar-refractivity contribution is 6.74. The van der Waals surface area contributed by atoms with Gasteiger partial charge in [-0.1, -0.05) is 34.6 Å². The van der Waals surface area contributed by atoms with Crippen molar-refractivity contribution in [3.8, 4) is 6.07 Å². The fourth-order valence-electron chi connectivity index (χ4n) is 8.33. The molecule has 0 aromatic heterocycles. The molecule has 4 aliphatic rings. The predicted molar refractivity (Wildman–Crippen MR) is 136 cm³/mol. The number of carbonyl (C=O) groups excluding carboxylic acids is 1. The first kappa shape index (κ1) is 26.0. The molecule has 34 heavy (non-hydrogen) atoms. The summed E-state index contributed by atoms with van der Waals surface area (Å²) in [7, 11) is -0.485. The molecule has 0 amide bonds. The number of carbonyl (C=O) groups is 1. The normalized spacial score (nSPS) is 44.3. The van der Waals surface area contributed by atoms with Crippen molar-refractivity contribution < 1.29 is 18.7 Å². The topological polar surface area (TPSA) is 68.5 Å². The number of rotatable bonds is 3. The summed E-state index contributed by atoms with van der Waals surface area (Å²) in [6, 6.07) is 2.35. The highest BCUT2D eigenvalue weighted by Gasteiger charge is 2.63. The van der Waals surface area contributed by atoms with Gasteiger partial charge in [-0.05, 0) is 97.6 Å². The first-order chi connectivity index (χ1) is 15.7. The van der Waals surface area contributed by atoms with E-state index in [0.717, 1.165) is 24.7 Å². The summed E-state index contributed by atoms with van der Waals surface area (Å²) in [5.41, 5.74) is -0.510. The number of methoxy groups -OCH3 is 1. The van der Waals surface area contributed by atoms with Crippen LogP contribution in [0.1, 0.15) is 92.4 Å². The zero-order valence-electron chi connectivity index (χ0n) is 22.8. The van der Waals surface area contributed by atoms with Crippen LogP contribution in [0.3, 0.4) is 0 Å². The molecule has 8 atom stereocenters. The molecule has 5 nitrogen and oxygen atoms in total. The van der Waals surface area contributed by atoms with Gasteiger partial charge < -0.3 is 13.9 Å². The number of ether oxygens (including phenoxy) is 2. The molecule has 4 fully saturated rings. The Morgan fingerprint density at radius 2 is 1.65 bits per heavy atom. The van der Waals surface area contributed by atoms with E-state index < -0.39 is 20.1 Å². The van der Waals surface area contributed by atoms with Crippen LogP contribution in [-0.2, 0) is 13.9 Å². The Hall–Kier alpha value is -1.06. The lowest BCUT2D eigenvalue weighted by Crippen LogP contribution is -2.57. The summed E-state index contributed by atoms with van der Waals surface area (Å²) in [6.45, 7) is 16.9. The summed E-state index contributed by atoms with van der Waals surface area (Å²) in [5, 5.41) is 10.2. The van der Waals surface area contributed by atoms with Crippen LogP contribution in [0.4, 0.5) is 4.79 Å². The zero-order valence-corrected chi connectivity index (χ0v) is 23.8. The largest absolute Gasteiger partial charge is 0.509 e. The van der Waals surface area contributed by atoms with E-state index >= 15 is 0 Å². The minimum absolute atomic E-state index is 0.225. The fraction of sp³-hybridized carbons (Fsp3) is 0.929. The number of hydrogen-bond acceptors (Lipinski definition) is 5. The van der Waals surface area contributed by atoms with Gasteiger partial charge in [-0.15, -0.1) is 0 Å². The minimum Gasteiger partial charge on any atom is -0.438 e. The second-order valence-electron chi connectivity index (χ2n) is 14.0. The molecule has 0 N–H and O–H groups in total. The van der Waals surface area contributed by atoms with E-state index in [-0.39, 0.29) is 10.5 Å². The van der Waals surface area contributed by atoms with E-state index in [9.17, 15) is 10.1 Å². The van der Waals surface area contributed by atoms with Crippen LogP contribution in [0, 0.1) is 45.8 Å². The second-order valence-corrected chi connectivity index (χ2v) is 18.8. The van der Waals surface area contributed by atoms with Gasteiger partial charge in [0.15, 0.2) is 8.32 Å². The maximum Gasteiger partial charge on any atom is 0.509 e. The van der Waals surface area contributed by atoms with Crippen molar-refractivity contribution in [2.24, 2.45) is 34.5 Å². The summed E-state index contributed by atoms with van der Waals surface area (Å²) < 4.78 is 17.4. The van der Waals surface area contributed by atoms with E-state index in [2.05, 4.69) is 53.8 Å². The van der Waals surface area contributed by atoms with Crippen LogP contribution < -0.4 is 0 Å². The van der Waals surface area contributed by atoms with Gasteiger partial charge in [-0.25, -0.2) is 4.79 Å². The molecule has 6 heteroatoms. The van der Waals surface area contributed by atoms with Gasteiger partial charge in [-0.2, -0.15) is 5.26 Å². The van der Waals surface area contributed by atoms with Gasteiger partial charge in [0.25, 0.3) is 0 Å². The SMILES string of the molecule is COC(=O)OC1(C#N)CC[C@@]2(C)[C@@H](CC[C@@H]3[C@@H]2CC[C@]2(C)[C@@H](O[Si](C)(C)C(C)(C)C)CC[C@@H]32)C1. The third-order valence-corrected chi connectivity index (χ3v) is 16.0. The molecule has 192 valence electrons. The van der Waals surface area contributed by atoms with Crippen LogP contribution in [0.25, 0.3) is 0 Å². The summed E-state index contributed by atoms with van der Waals surface area (Å²) in [4.78, 5) is 11.9. The third kappa shape index (κ3) is 4.03. The van der Waals surface area contributed by atoms with Gasteiger partial charge >= 0.3 is 6.16 Å². The number of nitrogens with zero attached hydrogens (tertiary/aromatic N) is 1.